The van der Waals surface area contributed by atoms with Gasteiger partial charge in [0.2, 0.25) is 0 Å². The molecule has 0 amide bonds. The Hall–Kier alpha value is -3.18. The first-order valence-electron chi connectivity index (χ1n) is 12.0. The first-order valence-corrected chi connectivity index (χ1v) is 12.0. The van der Waals surface area contributed by atoms with E-state index in [1.54, 1.807) is 12.1 Å². The highest BCUT2D eigenvalue weighted by Gasteiger charge is 2.21. The lowest BCUT2D eigenvalue weighted by Crippen LogP contribution is -2.29. The standard InChI is InChI=1S/C29H38O5/c1-3-5-6-7-8-9-10-11-12-13-14-15-16-17-18-21-24-33-26(4-2)29(32)34-27-23-20-19-22-25(27)28(30)31/h5-6,8-9,11-12,14-15,17-20,22-23,26H,3-4,7,10,13,16,21,24H2,1-2H3,(H,30,31)/b6-5-,9-8-,12-11-,15-14-,18-17-. The Morgan fingerprint density at radius 3 is 1.88 bits per heavy atom. The number of carboxylic acid groups (broad SMARTS) is 1. The fraction of sp³-hybridized carbons (Fsp3) is 0.379. The quantitative estimate of drug-likeness (QED) is 0.113. The zero-order chi connectivity index (χ0) is 24.9. The number of benzene rings is 1. The van der Waals surface area contributed by atoms with Crippen molar-refractivity contribution >= 4 is 11.9 Å². The maximum Gasteiger partial charge on any atom is 0.340 e. The number of carbonyl (C=O) groups is 2. The van der Waals surface area contributed by atoms with Crippen LogP contribution in [0.2, 0.25) is 0 Å². The number of esters is 1. The molecule has 0 aliphatic carbocycles. The number of carbonyl (C=O) groups excluding carboxylic acids is 1. The smallest absolute Gasteiger partial charge is 0.340 e. The van der Waals surface area contributed by atoms with E-state index in [0.717, 1.165) is 32.1 Å². The average molecular weight is 467 g/mol. The Morgan fingerprint density at radius 1 is 0.824 bits per heavy atom. The normalized spacial score (nSPS) is 13.1. The molecular weight excluding hydrogens is 428 g/mol. The molecule has 0 saturated carbocycles. The second kappa shape index (κ2) is 19.3. The van der Waals surface area contributed by atoms with Crippen molar-refractivity contribution in [3.05, 3.63) is 90.6 Å². The van der Waals surface area contributed by atoms with Gasteiger partial charge in [0.15, 0.2) is 6.10 Å². The molecule has 184 valence electrons. The number of allylic oxidation sites excluding steroid dienone is 9. The summed E-state index contributed by atoms with van der Waals surface area (Å²) >= 11 is 0. The SMILES string of the molecule is CC/C=C\C/C=C\C/C=C\C/C=C\C/C=C\CCOC(CC)C(=O)Oc1ccccc1C(=O)O. The number of rotatable bonds is 17. The summed E-state index contributed by atoms with van der Waals surface area (Å²) in [7, 11) is 0. The molecule has 0 aliphatic rings. The number of carboxylic acids is 1. The van der Waals surface area contributed by atoms with Crippen molar-refractivity contribution in [1.82, 2.24) is 0 Å². The summed E-state index contributed by atoms with van der Waals surface area (Å²) in [5.74, 6) is -1.70. The molecule has 0 bridgehead atoms. The molecular formula is C29H38O5. The van der Waals surface area contributed by atoms with Gasteiger partial charge in [-0.1, -0.05) is 86.7 Å². The van der Waals surface area contributed by atoms with Crippen molar-refractivity contribution in [2.24, 2.45) is 0 Å². The first kappa shape index (κ1) is 28.9. The van der Waals surface area contributed by atoms with Gasteiger partial charge in [0.25, 0.3) is 0 Å². The zero-order valence-electron chi connectivity index (χ0n) is 20.4. The third kappa shape index (κ3) is 13.4. The average Bonchev–Trinajstić information content (AvgIpc) is 2.83. The number of ether oxygens (including phenoxy) is 2. The molecule has 5 nitrogen and oxygen atoms in total. The molecule has 34 heavy (non-hydrogen) atoms. The van der Waals surface area contributed by atoms with E-state index < -0.39 is 18.0 Å². The van der Waals surface area contributed by atoms with Crippen LogP contribution >= 0.6 is 0 Å². The summed E-state index contributed by atoms with van der Waals surface area (Å²) in [6, 6.07) is 6.07. The molecule has 0 spiro atoms. The summed E-state index contributed by atoms with van der Waals surface area (Å²) in [5, 5.41) is 9.20. The Balaban J connectivity index is 2.21. The van der Waals surface area contributed by atoms with Gasteiger partial charge in [-0.3, -0.25) is 0 Å². The second-order valence-corrected chi connectivity index (χ2v) is 7.49. The van der Waals surface area contributed by atoms with Gasteiger partial charge in [-0.05, 0) is 57.1 Å². The van der Waals surface area contributed by atoms with Gasteiger partial charge >= 0.3 is 11.9 Å². The number of aromatic carboxylic acids is 1. The Bertz CT molecular complexity index is 861. The summed E-state index contributed by atoms with van der Waals surface area (Å²) in [4.78, 5) is 23.6. The number of hydrogen-bond donors (Lipinski definition) is 1. The van der Waals surface area contributed by atoms with Crippen LogP contribution in [0.25, 0.3) is 0 Å². The van der Waals surface area contributed by atoms with E-state index in [4.69, 9.17) is 9.47 Å². The minimum Gasteiger partial charge on any atom is -0.478 e. The van der Waals surface area contributed by atoms with Crippen LogP contribution in [0.4, 0.5) is 0 Å². The lowest BCUT2D eigenvalue weighted by molar-refractivity contribution is -0.147. The summed E-state index contributed by atoms with van der Waals surface area (Å²) in [5.41, 5.74) is -0.0514. The van der Waals surface area contributed by atoms with Crippen LogP contribution in [0.5, 0.6) is 5.75 Å². The maximum absolute atomic E-state index is 12.3. The van der Waals surface area contributed by atoms with E-state index in [-0.39, 0.29) is 11.3 Å². The molecule has 1 unspecified atom stereocenters. The topological polar surface area (TPSA) is 72.8 Å². The van der Waals surface area contributed by atoms with E-state index in [9.17, 15) is 14.7 Å². The van der Waals surface area contributed by atoms with Crippen molar-refractivity contribution in [3.8, 4) is 5.75 Å². The molecule has 1 aromatic carbocycles. The van der Waals surface area contributed by atoms with Crippen LogP contribution in [0.1, 0.15) is 69.2 Å². The summed E-state index contributed by atoms with van der Waals surface area (Å²) < 4.78 is 10.9. The monoisotopic (exact) mass is 466 g/mol. The van der Waals surface area contributed by atoms with E-state index in [1.807, 2.05) is 13.0 Å². The molecule has 0 radical (unpaired) electrons. The minimum absolute atomic E-state index is 0.0277. The van der Waals surface area contributed by atoms with Crippen molar-refractivity contribution < 1.29 is 24.2 Å². The molecule has 0 fully saturated rings. The van der Waals surface area contributed by atoms with Gasteiger partial charge < -0.3 is 14.6 Å². The van der Waals surface area contributed by atoms with E-state index in [0.29, 0.717) is 19.4 Å². The highest BCUT2D eigenvalue weighted by molar-refractivity contribution is 5.92. The molecule has 1 N–H and O–H groups in total. The minimum atomic E-state index is -1.14. The first-order chi connectivity index (χ1) is 16.6. The van der Waals surface area contributed by atoms with Crippen LogP contribution in [0.3, 0.4) is 0 Å². The molecule has 1 rings (SSSR count). The summed E-state index contributed by atoms with van der Waals surface area (Å²) in [6.07, 6.45) is 26.7. The zero-order valence-corrected chi connectivity index (χ0v) is 20.4. The molecule has 0 saturated heterocycles. The largest absolute Gasteiger partial charge is 0.478 e. The van der Waals surface area contributed by atoms with Crippen LogP contribution in [0.15, 0.2) is 85.0 Å². The van der Waals surface area contributed by atoms with Gasteiger partial charge in [-0.25, -0.2) is 9.59 Å². The molecule has 1 atom stereocenters. The highest BCUT2D eigenvalue weighted by Crippen LogP contribution is 2.19. The fourth-order valence-electron chi connectivity index (χ4n) is 2.91. The third-order valence-corrected chi connectivity index (χ3v) is 4.72. The molecule has 0 heterocycles. The highest BCUT2D eigenvalue weighted by atomic mass is 16.6. The molecule has 1 aromatic rings. The van der Waals surface area contributed by atoms with Crippen LogP contribution < -0.4 is 4.74 Å². The van der Waals surface area contributed by atoms with Crippen LogP contribution in [-0.4, -0.2) is 29.8 Å². The Morgan fingerprint density at radius 2 is 1.35 bits per heavy atom. The van der Waals surface area contributed by atoms with Gasteiger partial charge in [-0.15, -0.1) is 0 Å². The van der Waals surface area contributed by atoms with Gasteiger partial charge in [0.05, 0.1) is 6.61 Å². The summed E-state index contributed by atoms with van der Waals surface area (Å²) in [6.45, 7) is 4.35. The number of hydrogen-bond acceptors (Lipinski definition) is 4. The fourth-order valence-corrected chi connectivity index (χ4v) is 2.91. The molecule has 5 heteroatoms. The number of para-hydroxylation sites is 1. The van der Waals surface area contributed by atoms with Crippen LogP contribution in [0, 0.1) is 0 Å². The third-order valence-electron chi connectivity index (χ3n) is 4.72. The van der Waals surface area contributed by atoms with E-state index in [1.165, 1.54) is 12.1 Å². The molecule has 0 aliphatic heterocycles. The van der Waals surface area contributed by atoms with E-state index in [2.05, 4.69) is 61.6 Å². The Labute approximate surface area is 204 Å². The predicted octanol–water partition coefficient (Wildman–Crippen LogP) is 7.23. The lowest BCUT2D eigenvalue weighted by atomic mass is 10.2. The maximum atomic E-state index is 12.3. The predicted molar refractivity (Wildman–Crippen MR) is 138 cm³/mol. The van der Waals surface area contributed by atoms with Gasteiger partial charge in [0, 0.05) is 0 Å². The van der Waals surface area contributed by atoms with E-state index >= 15 is 0 Å². The van der Waals surface area contributed by atoms with Gasteiger partial charge in [-0.2, -0.15) is 0 Å². The van der Waals surface area contributed by atoms with Crippen molar-refractivity contribution in [3.63, 3.8) is 0 Å². The molecule has 0 aromatic heterocycles. The van der Waals surface area contributed by atoms with Crippen molar-refractivity contribution in [1.29, 1.82) is 0 Å². The second-order valence-electron chi connectivity index (χ2n) is 7.49. The van der Waals surface area contributed by atoms with Gasteiger partial charge in [0.1, 0.15) is 11.3 Å². The Kier molecular flexibility index (Phi) is 16.4. The van der Waals surface area contributed by atoms with Crippen molar-refractivity contribution in [2.45, 2.75) is 64.9 Å². The van der Waals surface area contributed by atoms with Crippen LogP contribution in [-0.2, 0) is 9.53 Å². The lowest BCUT2D eigenvalue weighted by Gasteiger charge is -2.15. The van der Waals surface area contributed by atoms with Crippen molar-refractivity contribution in [2.75, 3.05) is 6.61 Å².